The van der Waals surface area contributed by atoms with E-state index < -0.39 is 0 Å². The van der Waals surface area contributed by atoms with Crippen molar-refractivity contribution in [2.45, 2.75) is 0 Å². The molecule has 6 nitrogen and oxygen atoms in total. The summed E-state index contributed by atoms with van der Waals surface area (Å²) in [7, 11) is 0. The van der Waals surface area contributed by atoms with Crippen LogP contribution in [0.25, 0.3) is 33.5 Å². The zero-order chi connectivity index (χ0) is 20.9. The Morgan fingerprint density at radius 3 is 2.48 bits per heavy atom. The Morgan fingerprint density at radius 2 is 1.61 bits per heavy atom. The number of allylic oxidation sites excluding steroid dienone is 4. The molecule has 1 aliphatic carbocycles. The van der Waals surface area contributed by atoms with Crippen molar-refractivity contribution in [3.8, 4) is 5.69 Å². The maximum atomic E-state index is 8.23. The summed E-state index contributed by atoms with van der Waals surface area (Å²) >= 11 is 0. The number of hydrogen-bond donors (Lipinski definition) is 2. The van der Waals surface area contributed by atoms with Gasteiger partial charge in [0.1, 0.15) is 0 Å². The highest BCUT2D eigenvalue weighted by Gasteiger charge is 2.20. The van der Waals surface area contributed by atoms with E-state index in [1.807, 2.05) is 72.8 Å². The van der Waals surface area contributed by atoms with E-state index in [0.29, 0.717) is 17.1 Å². The number of anilines is 1. The third kappa shape index (κ3) is 2.55. The van der Waals surface area contributed by atoms with Crippen LogP contribution in [0.3, 0.4) is 0 Å². The van der Waals surface area contributed by atoms with Gasteiger partial charge >= 0.3 is 0 Å². The minimum Gasteiger partial charge on any atom is -0.397 e. The minimum absolute atomic E-state index is 0.382. The van der Waals surface area contributed by atoms with Crippen LogP contribution in [-0.4, -0.2) is 25.4 Å². The highest BCUT2D eigenvalue weighted by Crippen LogP contribution is 2.36. The molecule has 0 saturated carbocycles. The number of para-hydroxylation sites is 5. The van der Waals surface area contributed by atoms with Gasteiger partial charge in [0, 0.05) is 0 Å². The number of imidazole rings is 2. The molecule has 3 aromatic carbocycles. The van der Waals surface area contributed by atoms with Crippen LogP contribution in [0.1, 0.15) is 0 Å². The lowest BCUT2D eigenvalue weighted by molar-refractivity contribution is 1.11. The van der Waals surface area contributed by atoms with Gasteiger partial charge < -0.3 is 5.73 Å². The molecular formula is C25H18N6. The topological polar surface area (TPSA) is 84.5 Å². The smallest absolute Gasteiger partial charge is 0.220 e. The Kier molecular flexibility index (Phi) is 3.67. The Labute approximate surface area is 177 Å². The van der Waals surface area contributed by atoms with Crippen molar-refractivity contribution in [2.24, 2.45) is 4.99 Å². The molecule has 1 aliphatic rings. The Hall–Kier alpha value is -4.45. The molecule has 31 heavy (non-hydrogen) atoms. The largest absolute Gasteiger partial charge is 0.397 e. The van der Waals surface area contributed by atoms with Gasteiger partial charge in [0.2, 0.25) is 5.78 Å². The quantitative estimate of drug-likeness (QED) is 0.313. The van der Waals surface area contributed by atoms with Crippen LogP contribution >= 0.6 is 0 Å². The molecule has 0 fully saturated rings. The number of nitrogens with one attached hydrogen (secondary N) is 1. The van der Waals surface area contributed by atoms with Gasteiger partial charge in [-0.15, -0.1) is 0 Å². The van der Waals surface area contributed by atoms with Crippen molar-refractivity contribution in [1.82, 2.24) is 14.0 Å². The number of nitrogens with two attached hydrogens (primary N) is 1. The van der Waals surface area contributed by atoms with Crippen LogP contribution in [0.15, 0.2) is 96.0 Å². The fourth-order valence-electron chi connectivity index (χ4n) is 4.14. The second-order valence-corrected chi connectivity index (χ2v) is 7.40. The number of nitrogen functional groups attached to an aromatic ring is 1. The minimum atomic E-state index is 0.382. The lowest BCUT2D eigenvalue weighted by Crippen LogP contribution is -2.09. The number of aliphatic imine (C=N–C) groups is 1. The van der Waals surface area contributed by atoms with E-state index in [-0.39, 0.29) is 0 Å². The first-order valence-electron chi connectivity index (χ1n) is 10.0. The summed E-state index contributed by atoms with van der Waals surface area (Å²) in [6, 6.07) is 21.9. The Morgan fingerprint density at radius 1 is 0.839 bits per heavy atom. The summed E-state index contributed by atoms with van der Waals surface area (Å²) in [6.07, 6.45) is 7.33. The molecule has 5 aromatic rings. The van der Waals surface area contributed by atoms with Gasteiger partial charge in [-0.25, -0.2) is 9.98 Å². The summed E-state index contributed by atoms with van der Waals surface area (Å²) in [4.78, 5) is 9.78. The van der Waals surface area contributed by atoms with E-state index in [9.17, 15) is 0 Å². The van der Waals surface area contributed by atoms with E-state index in [0.717, 1.165) is 39.2 Å². The lowest BCUT2D eigenvalue weighted by atomic mass is 10.1. The van der Waals surface area contributed by atoms with Crippen molar-refractivity contribution in [3.63, 3.8) is 0 Å². The standard InChI is InChI=1S/C25H18N6/c26-16-8-1-3-10-18(16)28-20-12-7-15-23-24(20)31(21-13-5-2-9-17(21)27)25-29-19-11-4-6-14-22(19)30(23)25/h1-15,26H,27H2. The summed E-state index contributed by atoms with van der Waals surface area (Å²) in [5, 5.41) is 8.23. The molecule has 0 amide bonds. The van der Waals surface area contributed by atoms with Crippen LogP contribution < -0.4 is 5.73 Å². The van der Waals surface area contributed by atoms with E-state index >= 15 is 0 Å². The van der Waals surface area contributed by atoms with Gasteiger partial charge in [0.05, 0.1) is 50.6 Å². The van der Waals surface area contributed by atoms with E-state index in [1.165, 1.54) is 0 Å². The number of hydrogen-bond acceptors (Lipinski definition) is 4. The molecular weight excluding hydrogens is 384 g/mol. The van der Waals surface area contributed by atoms with E-state index in [4.69, 9.17) is 21.1 Å². The number of aromatic nitrogens is 3. The predicted octanol–water partition coefficient (Wildman–Crippen LogP) is 5.23. The van der Waals surface area contributed by atoms with Gasteiger partial charge in [-0.05, 0) is 48.6 Å². The maximum Gasteiger partial charge on any atom is 0.220 e. The second-order valence-electron chi connectivity index (χ2n) is 7.40. The van der Waals surface area contributed by atoms with Crippen LogP contribution in [0.2, 0.25) is 0 Å². The predicted molar refractivity (Wildman–Crippen MR) is 127 cm³/mol. The second kappa shape index (κ2) is 6.53. The van der Waals surface area contributed by atoms with Crippen molar-refractivity contribution in [1.29, 1.82) is 5.41 Å². The zero-order valence-electron chi connectivity index (χ0n) is 16.5. The summed E-state index contributed by atoms with van der Waals surface area (Å²) < 4.78 is 4.21. The molecule has 6 heteroatoms. The number of fused-ring (bicyclic) bond motifs is 5. The van der Waals surface area contributed by atoms with Gasteiger partial charge in [-0.2, -0.15) is 0 Å². The van der Waals surface area contributed by atoms with Crippen molar-refractivity contribution >= 4 is 50.6 Å². The average molecular weight is 402 g/mol. The summed E-state index contributed by atoms with van der Waals surface area (Å²) in [5.41, 5.74) is 13.5. The zero-order valence-corrected chi connectivity index (χ0v) is 16.5. The van der Waals surface area contributed by atoms with Gasteiger partial charge in [-0.1, -0.05) is 42.5 Å². The molecule has 0 spiro atoms. The van der Waals surface area contributed by atoms with Gasteiger partial charge in [0.15, 0.2) is 0 Å². The highest BCUT2D eigenvalue weighted by atomic mass is 15.2. The third-order valence-electron chi connectivity index (χ3n) is 5.52. The first kappa shape index (κ1) is 17.4. The fraction of sp³-hybridized carbons (Fsp3) is 0. The monoisotopic (exact) mass is 402 g/mol. The third-order valence-corrected chi connectivity index (χ3v) is 5.52. The maximum absolute atomic E-state index is 8.23. The molecule has 2 heterocycles. The molecule has 148 valence electrons. The van der Waals surface area contributed by atoms with Crippen LogP contribution in [-0.2, 0) is 0 Å². The molecule has 6 rings (SSSR count). The summed E-state index contributed by atoms with van der Waals surface area (Å²) in [6.45, 7) is 0. The van der Waals surface area contributed by atoms with Crippen molar-refractivity contribution in [2.75, 3.05) is 5.73 Å². The first-order valence-corrected chi connectivity index (χ1v) is 10.0. The van der Waals surface area contributed by atoms with Crippen LogP contribution in [0, 0.1) is 5.41 Å². The molecule has 0 aliphatic heterocycles. The van der Waals surface area contributed by atoms with Crippen molar-refractivity contribution < 1.29 is 0 Å². The number of nitrogens with zero attached hydrogens (tertiary/aromatic N) is 4. The molecule has 0 atom stereocenters. The van der Waals surface area contributed by atoms with E-state index in [1.54, 1.807) is 6.08 Å². The Balaban J connectivity index is 1.79. The van der Waals surface area contributed by atoms with E-state index in [2.05, 4.69) is 21.1 Å². The molecule has 3 N–H and O–H groups in total. The fourth-order valence-corrected chi connectivity index (χ4v) is 4.14. The molecule has 0 radical (unpaired) electrons. The van der Waals surface area contributed by atoms with Gasteiger partial charge in [-0.3, -0.25) is 14.4 Å². The summed E-state index contributed by atoms with van der Waals surface area (Å²) in [5.74, 6) is 0.774. The average Bonchev–Trinajstić information content (AvgIpc) is 3.31. The SMILES string of the molecule is N=C1C=CC=CC1=Nc1cccc2c1n(-c1ccccc1N)c1nc3ccccc3n21. The van der Waals surface area contributed by atoms with Crippen LogP contribution in [0.4, 0.5) is 11.4 Å². The Bertz CT molecular complexity index is 1610. The lowest BCUT2D eigenvalue weighted by Gasteiger charge is -2.10. The molecule has 2 aromatic heterocycles. The normalized spacial score (nSPS) is 15.1. The first-order chi connectivity index (χ1) is 15.2. The van der Waals surface area contributed by atoms with Crippen molar-refractivity contribution in [3.05, 3.63) is 91.0 Å². The number of benzene rings is 3. The number of rotatable bonds is 2. The van der Waals surface area contributed by atoms with Gasteiger partial charge in [0.25, 0.3) is 0 Å². The molecule has 0 bridgehead atoms. The van der Waals surface area contributed by atoms with Crippen LogP contribution in [0.5, 0.6) is 0 Å². The molecule has 0 saturated heterocycles. The highest BCUT2D eigenvalue weighted by molar-refractivity contribution is 6.50. The molecule has 0 unspecified atom stereocenters.